The molecule has 1 aliphatic heterocycles. The second-order valence-corrected chi connectivity index (χ2v) is 6.84. The summed E-state index contributed by atoms with van der Waals surface area (Å²) >= 11 is 0. The number of nitrogens with one attached hydrogen (secondary N) is 1. The van der Waals surface area contributed by atoms with E-state index in [2.05, 4.69) is 41.7 Å². The highest BCUT2D eigenvalue weighted by atomic mass is 15.0. The zero-order valence-corrected chi connectivity index (χ0v) is 12.6. The Balaban J connectivity index is 1.64. The molecular weight excluding hydrogens is 256 g/mol. The first kappa shape index (κ1) is 13.3. The van der Waals surface area contributed by atoms with Crippen LogP contribution in [0.15, 0.2) is 36.4 Å². The molecule has 0 radical (unpaired) electrons. The van der Waals surface area contributed by atoms with E-state index in [0.717, 1.165) is 17.9 Å². The number of hydrogen-bond donors (Lipinski definition) is 1. The molecule has 2 aliphatic rings. The van der Waals surface area contributed by atoms with Crippen LogP contribution in [0.4, 0.5) is 0 Å². The highest BCUT2D eigenvalue weighted by Gasteiger charge is 2.45. The van der Waals surface area contributed by atoms with E-state index in [1.165, 1.54) is 56.1 Å². The summed E-state index contributed by atoms with van der Waals surface area (Å²) in [5.41, 5.74) is 2.72. The van der Waals surface area contributed by atoms with Crippen LogP contribution in [-0.4, -0.2) is 17.1 Å². The minimum atomic E-state index is 0.325. The Kier molecular flexibility index (Phi) is 3.42. The zero-order valence-electron chi connectivity index (χ0n) is 12.6. The number of pyridine rings is 1. The van der Waals surface area contributed by atoms with Gasteiger partial charge in [-0.1, -0.05) is 37.1 Å². The highest BCUT2D eigenvalue weighted by molar-refractivity contribution is 5.78. The monoisotopic (exact) mass is 280 g/mol. The van der Waals surface area contributed by atoms with E-state index in [1.54, 1.807) is 0 Å². The van der Waals surface area contributed by atoms with E-state index in [0.29, 0.717) is 5.54 Å². The second-order valence-electron chi connectivity index (χ2n) is 6.84. The Morgan fingerprint density at radius 1 is 1.05 bits per heavy atom. The van der Waals surface area contributed by atoms with Gasteiger partial charge in [0, 0.05) is 23.0 Å². The quantitative estimate of drug-likeness (QED) is 0.916. The summed E-state index contributed by atoms with van der Waals surface area (Å²) in [6.45, 7) is 1.18. The fraction of sp³-hybridized carbons (Fsp3) is 0.526. The summed E-state index contributed by atoms with van der Waals surface area (Å²) < 4.78 is 0. The van der Waals surface area contributed by atoms with Crippen molar-refractivity contribution >= 4 is 10.9 Å². The van der Waals surface area contributed by atoms with Gasteiger partial charge in [0.2, 0.25) is 0 Å². The topological polar surface area (TPSA) is 24.9 Å². The number of rotatable bonds is 3. The van der Waals surface area contributed by atoms with Gasteiger partial charge < -0.3 is 5.32 Å². The average Bonchev–Trinajstić information content (AvgIpc) is 3.35. The fourth-order valence-electron chi connectivity index (χ4n) is 3.98. The second kappa shape index (κ2) is 5.42. The lowest BCUT2D eigenvalue weighted by atomic mass is 9.83. The van der Waals surface area contributed by atoms with Crippen LogP contribution in [0.2, 0.25) is 0 Å². The summed E-state index contributed by atoms with van der Waals surface area (Å²) in [5, 5.41) is 5.16. The normalized spacial score (nSPS) is 26.7. The lowest BCUT2D eigenvalue weighted by Gasteiger charge is -2.34. The van der Waals surface area contributed by atoms with Gasteiger partial charge in [-0.2, -0.15) is 0 Å². The minimum Gasteiger partial charge on any atom is -0.311 e. The molecule has 21 heavy (non-hydrogen) atoms. The first-order valence-corrected chi connectivity index (χ1v) is 8.45. The molecule has 1 aromatic heterocycles. The number of benzene rings is 1. The largest absolute Gasteiger partial charge is 0.311 e. The summed E-state index contributed by atoms with van der Waals surface area (Å²) in [5.74, 6) is 0.879. The van der Waals surface area contributed by atoms with Crippen LogP contribution in [0.1, 0.15) is 44.2 Å². The molecule has 1 N–H and O–H groups in total. The van der Waals surface area contributed by atoms with E-state index >= 15 is 0 Å². The highest BCUT2D eigenvalue weighted by Crippen LogP contribution is 2.45. The smallest absolute Gasteiger partial charge is 0.0705 e. The van der Waals surface area contributed by atoms with Crippen molar-refractivity contribution < 1.29 is 0 Å². The van der Waals surface area contributed by atoms with Crippen molar-refractivity contribution in [1.29, 1.82) is 0 Å². The summed E-state index contributed by atoms with van der Waals surface area (Å²) in [6.07, 6.45) is 9.32. The molecule has 2 heteroatoms. The van der Waals surface area contributed by atoms with Crippen LogP contribution >= 0.6 is 0 Å². The molecule has 1 saturated heterocycles. The number of nitrogens with zero attached hydrogens (tertiary/aromatic N) is 1. The predicted molar refractivity (Wildman–Crippen MR) is 87.4 cm³/mol. The van der Waals surface area contributed by atoms with Crippen LogP contribution < -0.4 is 5.32 Å². The molecule has 1 aromatic carbocycles. The van der Waals surface area contributed by atoms with Gasteiger partial charge in [-0.05, 0) is 50.3 Å². The van der Waals surface area contributed by atoms with Crippen LogP contribution in [0.25, 0.3) is 10.9 Å². The van der Waals surface area contributed by atoms with Crippen molar-refractivity contribution in [2.24, 2.45) is 5.92 Å². The zero-order chi connectivity index (χ0) is 14.1. The van der Waals surface area contributed by atoms with E-state index in [-0.39, 0.29) is 0 Å². The van der Waals surface area contributed by atoms with Crippen LogP contribution in [0.5, 0.6) is 0 Å². The molecule has 2 fully saturated rings. The third-order valence-electron chi connectivity index (χ3n) is 5.29. The Morgan fingerprint density at radius 3 is 2.86 bits per heavy atom. The minimum absolute atomic E-state index is 0.325. The van der Waals surface area contributed by atoms with Crippen molar-refractivity contribution in [2.45, 2.75) is 50.5 Å². The molecule has 1 saturated carbocycles. The van der Waals surface area contributed by atoms with E-state index in [9.17, 15) is 0 Å². The number of fused-ring (bicyclic) bond motifs is 1. The summed E-state index contributed by atoms with van der Waals surface area (Å²) in [6, 6.07) is 12.9. The van der Waals surface area contributed by atoms with Crippen LogP contribution in [-0.2, 0) is 6.42 Å². The molecule has 1 atom stereocenters. The average molecular weight is 280 g/mol. The van der Waals surface area contributed by atoms with Gasteiger partial charge in [0.1, 0.15) is 0 Å². The fourth-order valence-corrected chi connectivity index (χ4v) is 3.98. The Hall–Kier alpha value is -1.41. The van der Waals surface area contributed by atoms with E-state index in [1.807, 2.05) is 0 Å². The standard InChI is InChI=1S/C19H24N2/c1-4-12-19(16-9-10-16,20-13-5-1)14-17-11-8-15-6-2-3-7-18(15)21-17/h2-3,6-8,11,16,20H,1,4-5,9-10,12-14H2. The van der Waals surface area contributed by atoms with Gasteiger partial charge in [-0.3, -0.25) is 4.98 Å². The molecule has 110 valence electrons. The first-order valence-electron chi connectivity index (χ1n) is 8.45. The molecule has 0 amide bonds. The molecule has 0 bridgehead atoms. The molecule has 4 rings (SSSR count). The van der Waals surface area contributed by atoms with Gasteiger partial charge in [0.05, 0.1) is 5.52 Å². The lowest BCUT2D eigenvalue weighted by molar-refractivity contribution is 0.269. The van der Waals surface area contributed by atoms with Crippen molar-refractivity contribution in [3.05, 3.63) is 42.1 Å². The molecule has 1 unspecified atom stereocenters. The molecule has 2 aromatic rings. The number of aromatic nitrogens is 1. The molecule has 0 spiro atoms. The van der Waals surface area contributed by atoms with E-state index < -0.39 is 0 Å². The maximum Gasteiger partial charge on any atom is 0.0705 e. The number of para-hydroxylation sites is 1. The van der Waals surface area contributed by atoms with E-state index in [4.69, 9.17) is 4.98 Å². The predicted octanol–water partition coefficient (Wildman–Crippen LogP) is 4.09. The van der Waals surface area contributed by atoms with Gasteiger partial charge in [-0.15, -0.1) is 0 Å². The van der Waals surface area contributed by atoms with Crippen molar-refractivity contribution in [3.8, 4) is 0 Å². The van der Waals surface area contributed by atoms with Crippen LogP contribution in [0, 0.1) is 5.92 Å². The summed E-state index contributed by atoms with van der Waals surface area (Å²) in [4.78, 5) is 4.92. The van der Waals surface area contributed by atoms with Gasteiger partial charge >= 0.3 is 0 Å². The molecule has 2 heterocycles. The van der Waals surface area contributed by atoms with Crippen molar-refractivity contribution in [3.63, 3.8) is 0 Å². The first-order chi connectivity index (χ1) is 10.4. The summed E-state index contributed by atoms with van der Waals surface area (Å²) in [7, 11) is 0. The van der Waals surface area contributed by atoms with Crippen LogP contribution in [0.3, 0.4) is 0 Å². The van der Waals surface area contributed by atoms with Gasteiger partial charge in [0.25, 0.3) is 0 Å². The van der Waals surface area contributed by atoms with Crippen molar-refractivity contribution in [1.82, 2.24) is 10.3 Å². The Bertz CT molecular complexity index is 622. The maximum atomic E-state index is 4.92. The maximum absolute atomic E-state index is 4.92. The molecular formula is C19H24N2. The third kappa shape index (κ3) is 2.69. The third-order valence-corrected chi connectivity index (χ3v) is 5.29. The Morgan fingerprint density at radius 2 is 1.95 bits per heavy atom. The molecule has 1 aliphatic carbocycles. The lowest BCUT2D eigenvalue weighted by Crippen LogP contribution is -2.48. The number of hydrogen-bond acceptors (Lipinski definition) is 2. The van der Waals surface area contributed by atoms with Gasteiger partial charge in [-0.25, -0.2) is 0 Å². The Labute approximate surface area is 127 Å². The van der Waals surface area contributed by atoms with Crippen molar-refractivity contribution in [2.75, 3.05) is 6.54 Å². The van der Waals surface area contributed by atoms with Gasteiger partial charge in [0.15, 0.2) is 0 Å². The molecule has 2 nitrogen and oxygen atoms in total. The SMILES string of the molecule is c1ccc2nc(CC3(C4CC4)CCCCCN3)ccc2c1.